The summed E-state index contributed by atoms with van der Waals surface area (Å²) < 4.78 is 1.20. The number of fused-ring (bicyclic) bond motifs is 2. The Hall–Kier alpha value is -2.37. The highest BCUT2D eigenvalue weighted by atomic mass is 35.5. The molecule has 1 atom stereocenters. The van der Waals surface area contributed by atoms with Crippen LogP contribution in [0, 0.1) is 0 Å². The number of nitrogens with zero attached hydrogens (tertiary/aromatic N) is 2. The Morgan fingerprint density at radius 1 is 1.23 bits per heavy atom. The van der Waals surface area contributed by atoms with E-state index in [9.17, 15) is 4.79 Å². The van der Waals surface area contributed by atoms with Crippen molar-refractivity contribution in [2.75, 3.05) is 6.54 Å². The predicted octanol–water partition coefficient (Wildman–Crippen LogP) is 5.41. The first-order valence-electron chi connectivity index (χ1n) is 8.62. The zero-order valence-electron chi connectivity index (χ0n) is 13.9. The minimum absolute atomic E-state index is 0.0214. The number of imidazole rings is 1. The number of hydrogen-bond acceptors (Lipinski definition) is 3. The third-order valence-corrected chi connectivity index (χ3v) is 6.12. The zero-order valence-corrected chi connectivity index (χ0v) is 15.5. The second-order valence-corrected chi connectivity index (χ2v) is 8.00. The molecule has 4 nitrogen and oxygen atoms in total. The van der Waals surface area contributed by atoms with Crippen LogP contribution in [0.25, 0.3) is 21.1 Å². The summed E-state index contributed by atoms with van der Waals surface area (Å²) in [7, 11) is 0. The molecule has 1 aliphatic rings. The quantitative estimate of drug-likeness (QED) is 0.504. The van der Waals surface area contributed by atoms with Gasteiger partial charge in [0.25, 0.3) is 5.91 Å². The summed E-state index contributed by atoms with van der Waals surface area (Å²) in [5, 5.41) is 3.85. The number of amides is 1. The van der Waals surface area contributed by atoms with E-state index in [-0.39, 0.29) is 11.9 Å². The van der Waals surface area contributed by atoms with Crippen molar-refractivity contribution >= 4 is 50.0 Å². The molecule has 1 fully saturated rings. The molecule has 0 saturated carbocycles. The SMILES string of the molecule is O=C(c1ccc2sccc2c1)N1CCC[C@@H]1c1nc2ccc(Cl)cc2[nH]1. The molecule has 0 aliphatic carbocycles. The number of H-pyrrole nitrogens is 1. The summed E-state index contributed by atoms with van der Waals surface area (Å²) >= 11 is 7.76. The third-order valence-electron chi connectivity index (χ3n) is 4.99. The number of thiophene rings is 1. The highest BCUT2D eigenvalue weighted by Gasteiger charge is 2.32. The van der Waals surface area contributed by atoms with E-state index in [0.29, 0.717) is 5.02 Å². The summed E-state index contributed by atoms with van der Waals surface area (Å²) in [6, 6.07) is 13.6. The molecular formula is C20H16ClN3OS. The highest BCUT2D eigenvalue weighted by Crippen LogP contribution is 2.33. The zero-order chi connectivity index (χ0) is 17.7. The van der Waals surface area contributed by atoms with Crippen LogP contribution in [0.3, 0.4) is 0 Å². The maximum atomic E-state index is 13.1. The molecule has 4 aromatic rings. The third kappa shape index (κ3) is 2.59. The van der Waals surface area contributed by atoms with Crippen LogP contribution < -0.4 is 0 Å². The maximum Gasteiger partial charge on any atom is 0.254 e. The molecule has 0 spiro atoms. The van der Waals surface area contributed by atoms with Crippen molar-refractivity contribution < 1.29 is 4.79 Å². The van der Waals surface area contributed by atoms with Gasteiger partial charge < -0.3 is 9.88 Å². The van der Waals surface area contributed by atoms with E-state index in [1.165, 1.54) is 4.70 Å². The summed E-state index contributed by atoms with van der Waals surface area (Å²) in [6.45, 7) is 0.753. The summed E-state index contributed by atoms with van der Waals surface area (Å²) in [4.78, 5) is 23.1. The maximum absolute atomic E-state index is 13.1. The number of carbonyl (C=O) groups excluding carboxylic acids is 1. The smallest absolute Gasteiger partial charge is 0.254 e. The Bertz CT molecular complexity index is 1130. The molecule has 6 heteroatoms. The van der Waals surface area contributed by atoms with Gasteiger partial charge in [-0.05, 0) is 66.1 Å². The average Bonchev–Trinajstić information content (AvgIpc) is 3.37. The fourth-order valence-electron chi connectivity index (χ4n) is 3.72. The van der Waals surface area contributed by atoms with Crippen molar-refractivity contribution in [2.45, 2.75) is 18.9 Å². The second kappa shape index (κ2) is 6.11. The second-order valence-electron chi connectivity index (χ2n) is 6.61. The summed E-state index contributed by atoms with van der Waals surface area (Å²) in [5.74, 6) is 0.906. The Kier molecular flexibility index (Phi) is 3.72. The molecule has 1 saturated heterocycles. The van der Waals surface area contributed by atoms with Crippen LogP contribution in [-0.4, -0.2) is 27.3 Å². The molecule has 0 unspecified atom stereocenters. The molecule has 1 N–H and O–H groups in total. The van der Waals surface area contributed by atoms with E-state index in [0.717, 1.165) is 47.2 Å². The van der Waals surface area contributed by atoms with Crippen LogP contribution in [0.5, 0.6) is 0 Å². The molecule has 5 rings (SSSR count). The molecular weight excluding hydrogens is 366 g/mol. The first-order valence-corrected chi connectivity index (χ1v) is 9.88. The van der Waals surface area contributed by atoms with Gasteiger partial charge in [0.2, 0.25) is 0 Å². The molecule has 26 heavy (non-hydrogen) atoms. The number of rotatable bonds is 2. The Labute approximate surface area is 159 Å². The number of aromatic amines is 1. The van der Waals surface area contributed by atoms with Crippen molar-refractivity contribution in [1.29, 1.82) is 0 Å². The monoisotopic (exact) mass is 381 g/mol. The molecule has 1 amide bonds. The highest BCUT2D eigenvalue weighted by molar-refractivity contribution is 7.17. The Balaban J connectivity index is 1.49. The first-order chi connectivity index (χ1) is 12.7. The van der Waals surface area contributed by atoms with Crippen molar-refractivity contribution in [3.8, 4) is 0 Å². The molecule has 2 aromatic carbocycles. The van der Waals surface area contributed by atoms with E-state index in [2.05, 4.69) is 16.4 Å². The first kappa shape index (κ1) is 15.9. The van der Waals surface area contributed by atoms with Crippen molar-refractivity contribution in [1.82, 2.24) is 14.9 Å². The molecule has 1 aliphatic heterocycles. The van der Waals surface area contributed by atoms with E-state index in [1.807, 2.05) is 41.3 Å². The Morgan fingerprint density at radius 3 is 3.08 bits per heavy atom. The number of likely N-dealkylation sites (tertiary alicyclic amines) is 1. The molecule has 0 radical (unpaired) electrons. The summed E-state index contributed by atoms with van der Waals surface area (Å²) in [5.41, 5.74) is 2.52. The fraction of sp³-hybridized carbons (Fsp3) is 0.200. The van der Waals surface area contributed by atoms with E-state index >= 15 is 0 Å². The van der Waals surface area contributed by atoms with E-state index in [4.69, 9.17) is 16.6 Å². The lowest BCUT2D eigenvalue weighted by Gasteiger charge is -2.23. The predicted molar refractivity (Wildman–Crippen MR) is 106 cm³/mol. The van der Waals surface area contributed by atoms with Gasteiger partial charge in [-0.1, -0.05) is 11.6 Å². The van der Waals surface area contributed by atoms with Crippen LogP contribution in [0.4, 0.5) is 0 Å². The normalized spacial score (nSPS) is 17.4. The summed E-state index contributed by atoms with van der Waals surface area (Å²) in [6.07, 6.45) is 1.90. The number of hydrogen-bond donors (Lipinski definition) is 1. The minimum Gasteiger partial charge on any atom is -0.340 e. The van der Waals surface area contributed by atoms with Gasteiger partial charge in [-0.3, -0.25) is 4.79 Å². The van der Waals surface area contributed by atoms with Gasteiger partial charge in [0.1, 0.15) is 5.82 Å². The molecule has 2 aromatic heterocycles. The standard InChI is InChI=1S/C20H16ClN3OS/c21-14-4-5-15-16(11-14)23-19(22-15)17-2-1-8-24(17)20(25)13-3-6-18-12(10-13)7-9-26-18/h3-7,9-11,17H,1-2,8H2,(H,22,23)/t17-/m1/s1. The fourth-order valence-corrected chi connectivity index (χ4v) is 4.66. The minimum atomic E-state index is -0.0214. The van der Waals surface area contributed by atoms with E-state index < -0.39 is 0 Å². The van der Waals surface area contributed by atoms with Crippen molar-refractivity contribution in [3.63, 3.8) is 0 Å². The van der Waals surface area contributed by atoms with Gasteiger partial charge >= 0.3 is 0 Å². The lowest BCUT2D eigenvalue weighted by atomic mass is 10.1. The van der Waals surface area contributed by atoms with Crippen molar-refractivity contribution in [2.24, 2.45) is 0 Å². The van der Waals surface area contributed by atoms with Gasteiger partial charge in [-0.25, -0.2) is 4.98 Å². The number of aromatic nitrogens is 2. The number of halogens is 1. The lowest BCUT2D eigenvalue weighted by Crippen LogP contribution is -2.31. The van der Waals surface area contributed by atoms with Crippen LogP contribution in [0.1, 0.15) is 35.1 Å². The number of nitrogens with one attached hydrogen (secondary N) is 1. The lowest BCUT2D eigenvalue weighted by molar-refractivity contribution is 0.0730. The number of benzene rings is 2. The van der Waals surface area contributed by atoms with Crippen LogP contribution in [0.2, 0.25) is 5.02 Å². The molecule has 130 valence electrons. The number of carbonyl (C=O) groups is 1. The largest absolute Gasteiger partial charge is 0.340 e. The van der Waals surface area contributed by atoms with Gasteiger partial charge in [0.05, 0.1) is 17.1 Å². The average molecular weight is 382 g/mol. The van der Waals surface area contributed by atoms with Gasteiger partial charge in [-0.2, -0.15) is 0 Å². The van der Waals surface area contributed by atoms with Crippen molar-refractivity contribution in [3.05, 3.63) is 64.3 Å². The van der Waals surface area contributed by atoms with Gasteiger partial charge in [-0.15, -0.1) is 11.3 Å². The van der Waals surface area contributed by atoms with Gasteiger partial charge in [0.15, 0.2) is 0 Å². The van der Waals surface area contributed by atoms with Crippen LogP contribution in [0.15, 0.2) is 47.8 Å². The van der Waals surface area contributed by atoms with Crippen LogP contribution in [-0.2, 0) is 0 Å². The van der Waals surface area contributed by atoms with Gasteiger partial charge in [0, 0.05) is 21.8 Å². The Morgan fingerprint density at radius 2 is 2.15 bits per heavy atom. The topological polar surface area (TPSA) is 49.0 Å². The van der Waals surface area contributed by atoms with E-state index in [1.54, 1.807) is 11.3 Å². The molecule has 3 heterocycles. The molecule has 0 bridgehead atoms. The van der Waals surface area contributed by atoms with Crippen LogP contribution >= 0.6 is 22.9 Å².